The van der Waals surface area contributed by atoms with E-state index in [4.69, 9.17) is 18.3 Å². The Morgan fingerprint density at radius 2 is 1.76 bits per heavy atom. The molecule has 7 nitrogen and oxygen atoms in total. The molecule has 1 heterocycles. The predicted octanol–water partition coefficient (Wildman–Crippen LogP) is 5.20. The molecule has 1 aromatic carbocycles. The minimum absolute atomic E-state index is 0.0534. The molecule has 2 aromatic rings. The second-order valence-electron chi connectivity index (χ2n) is 6.67. The summed E-state index contributed by atoms with van der Waals surface area (Å²) in [7, 11) is -2.31. The number of aromatic hydroxyl groups is 1. The van der Waals surface area contributed by atoms with Crippen molar-refractivity contribution in [3.8, 4) is 11.5 Å². The van der Waals surface area contributed by atoms with Crippen LogP contribution in [0.5, 0.6) is 11.5 Å². The quantitative estimate of drug-likeness (QED) is 0.525. The first-order valence-electron chi connectivity index (χ1n) is 9.60. The molecule has 1 aromatic heterocycles. The summed E-state index contributed by atoms with van der Waals surface area (Å²) in [5, 5.41) is 10.2. The van der Waals surface area contributed by atoms with Crippen molar-refractivity contribution in [3.05, 3.63) is 52.3 Å². The fraction of sp³-hybridized carbons (Fsp3) is 0.476. The molecule has 1 atom stereocenters. The average molecular weight is 423 g/mol. The monoisotopic (exact) mass is 423 g/mol. The van der Waals surface area contributed by atoms with Gasteiger partial charge in [-0.3, -0.25) is 18.6 Å². The molecule has 1 unspecified atom stereocenters. The Morgan fingerprint density at radius 1 is 1.10 bits per heavy atom. The van der Waals surface area contributed by atoms with Gasteiger partial charge in [-0.15, -0.1) is 0 Å². The fourth-order valence-corrected chi connectivity index (χ4v) is 4.31. The van der Waals surface area contributed by atoms with E-state index >= 15 is 0 Å². The maximum atomic E-state index is 13.1. The van der Waals surface area contributed by atoms with Gasteiger partial charge in [-0.25, -0.2) is 4.57 Å². The molecule has 0 saturated heterocycles. The number of hydrogen-bond donors (Lipinski definition) is 1. The van der Waals surface area contributed by atoms with Crippen molar-refractivity contribution in [1.29, 1.82) is 0 Å². The van der Waals surface area contributed by atoms with Gasteiger partial charge in [0, 0.05) is 18.3 Å². The number of benzene rings is 1. The summed E-state index contributed by atoms with van der Waals surface area (Å²) in [5.41, 5.74) is 4.25. The molecule has 0 aliphatic carbocycles. The van der Waals surface area contributed by atoms with Gasteiger partial charge in [0.25, 0.3) is 0 Å². The topological polar surface area (TPSA) is 87.1 Å². The zero-order chi connectivity index (χ0) is 21.6. The lowest BCUT2D eigenvalue weighted by Crippen LogP contribution is -2.12. The molecule has 0 radical (unpaired) electrons. The predicted molar refractivity (Wildman–Crippen MR) is 111 cm³/mol. The highest BCUT2D eigenvalue weighted by Gasteiger charge is 2.32. The van der Waals surface area contributed by atoms with Crippen molar-refractivity contribution in [2.45, 2.75) is 47.1 Å². The standard InChI is InChI=1S/C21H30NO6P/c1-7-26-29(24,27-8-2)28-19(13-18-16(5)14(3)9-10-22-18)17-11-15(4)21(23)20(12-17)25-6/h9-12,19,23H,7-8,13H2,1-6H3. The van der Waals surface area contributed by atoms with E-state index in [0.717, 1.165) is 16.8 Å². The number of phenolic OH excluding ortho intramolecular Hbond substituents is 1. The Hall–Kier alpha value is -1.92. The van der Waals surface area contributed by atoms with Gasteiger partial charge in [0.2, 0.25) is 0 Å². The Bertz CT molecular complexity index is 876. The highest BCUT2D eigenvalue weighted by Crippen LogP contribution is 2.54. The number of aryl methyl sites for hydroxylation is 2. The smallest absolute Gasteiger partial charge is 0.475 e. The first kappa shape index (κ1) is 23.4. The molecule has 2 rings (SSSR count). The summed E-state index contributed by atoms with van der Waals surface area (Å²) in [4.78, 5) is 4.48. The van der Waals surface area contributed by atoms with Crippen LogP contribution in [0.4, 0.5) is 0 Å². The molecule has 1 N–H and O–H groups in total. The average Bonchev–Trinajstić information content (AvgIpc) is 2.67. The highest BCUT2D eigenvalue weighted by molar-refractivity contribution is 7.48. The van der Waals surface area contributed by atoms with Crippen LogP contribution in [0.2, 0.25) is 0 Å². The zero-order valence-corrected chi connectivity index (χ0v) is 18.8. The maximum absolute atomic E-state index is 13.1. The van der Waals surface area contributed by atoms with E-state index in [1.54, 1.807) is 39.1 Å². The zero-order valence-electron chi connectivity index (χ0n) is 17.9. The molecule has 0 fully saturated rings. The van der Waals surface area contributed by atoms with Crippen molar-refractivity contribution in [2.24, 2.45) is 0 Å². The van der Waals surface area contributed by atoms with Gasteiger partial charge < -0.3 is 9.84 Å². The molecule has 8 heteroatoms. The summed E-state index contributed by atoms with van der Waals surface area (Å²) in [6.07, 6.45) is 1.41. The Balaban J connectivity index is 2.52. The third-order valence-corrected chi connectivity index (χ3v) is 6.33. The fourth-order valence-electron chi connectivity index (χ4n) is 2.97. The van der Waals surface area contributed by atoms with Crippen LogP contribution in [0.25, 0.3) is 0 Å². The van der Waals surface area contributed by atoms with Crippen LogP contribution in [0.1, 0.15) is 47.9 Å². The lowest BCUT2D eigenvalue weighted by molar-refractivity contribution is 0.0828. The van der Waals surface area contributed by atoms with Gasteiger partial charge in [0.05, 0.1) is 20.3 Å². The molecule has 0 aliphatic rings. The first-order chi connectivity index (χ1) is 13.7. The van der Waals surface area contributed by atoms with Gasteiger partial charge in [0.1, 0.15) is 6.10 Å². The summed E-state index contributed by atoms with van der Waals surface area (Å²) in [6, 6.07) is 5.38. The molecule has 0 saturated carbocycles. The number of phosphoric ester groups is 1. The number of ether oxygens (including phenoxy) is 1. The van der Waals surface area contributed by atoms with Gasteiger partial charge in [-0.1, -0.05) is 0 Å². The lowest BCUT2D eigenvalue weighted by atomic mass is 9.98. The lowest BCUT2D eigenvalue weighted by Gasteiger charge is -2.25. The number of nitrogens with zero attached hydrogens (tertiary/aromatic N) is 1. The number of phosphoric acid groups is 1. The van der Waals surface area contributed by atoms with Crippen LogP contribution in [0.3, 0.4) is 0 Å². The van der Waals surface area contributed by atoms with Crippen molar-refractivity contribution >= 4 is 7.82 Å². The third-order valence-electron chi connectivity index (χ3n) is 4.67. The van der Waals surface area contributed by atoms with E-state index in [1.807, 2.05) is 19.9 Å². The SMILES string of the molecule is CCOP(=O)(OCC)OC(Cc1nccc(C)c1C)c1cc(C)c(O)c(OC)c1. The summed E-state index contributed by atoms with van der Waals surface area (Å²) >= 11 is 0. The van der Waals surface area contributed by atoms with Gasteiger partial charge in [-0.2, -0.15) is 0 Å². The second-order valence-corrected chi connectivity index (χ2v) is 8.29. The van der Waals surface area contributed by atoms with E-state index < -0.39 is 13.9 Å². The van der Waals surface area contributed by atoms with E-state index in [1.165, 1.54) is 7.11 Å². The number of rotatable bonds is 10. The van der Waals surface area contributed by atoms with E-state index in [0.29, 0.717) is 23.3 Å². The molecule has 160 valence electrons. The van der Waals surface area contributed by atoms with Gasteiger partial charge >= 0.3 is 7.82 Å². The molecular formula is C21H30NO6P. The first-order valence-corrected chi connectivity index (χ1v) is 11.1. The second kappa shape index (κ2) is 10.2. The third kappa shape index (κ3) is 5.80. The normalized spacial score (nSPS) is 12.8. The molecule has 0 spiro atoms. The van der Waals surface area contributed by atoms with Crippen molar-refractivity contribution in [3.63, 3.8) is 0 Å². The summed E-state index contributed by atoms with van der Waals surface area (Å²) in [6.45, 7) is 9.58. The van der Waals surface area contributed by atoms with Crippen LogP contribution >= 0.6 is 7.82 Å². The molecule has 0 aliphatic heterocycles. The van der Waals surface area contributed by atoms with Crippen LogP contribution in [-0.4, -0.2) is 30.4 Å². The largest absolute Gasteiger partial charge is 0.504 e. The van der Waals surface area contributed by atoms with Crippen molar-refractivity contribution in [2.75, 3.05) is 20.3 Å². The molecular weight excluding hydrogens is 393 g/mol. The number of hydrogen-bond acceptors (Lipinski definition) is 7. The minimum Gasteiger partial charge on any atom is -0.504 e. The van der Waals surface area contributed by atoms with E-state index in [2.05, 4.69) is 4.98 Å². The molecule has 29 heavy (non-hydrogen) atoms. The number of aromatic nitrogens is 1. The van der Waals surface area contributed by atoms with Gasteiger partial charge in [-0.05, 0) is 75.1 Å². The Morgan fingerprint density at radius 3 is 2.34 bits per heavy atom. The number of pyridine rings is 1. The van der Waals surface area contributed by atoms with Crippen LogP contribution in [0, 0.1) is 20.8 Å². The summed E-state index contributed by atoms with van der Waals surface area (Å²) in [5.74, 6) is 0.364. The maximum Gasteiger partial charge on any atom is 0.475 e. The minimum atomic E-state index is -3.79. The number of phenols is 1. The van der Waals surface area contributed by atoms with Crippen LogP contribution in [-0.2, 0) is 24.6 Å². The molecule has 0 bridgehead atoms. The number of methoxy groups -OCH3 is 1. The van der Waals surface area contributed by atoms with E-state index in [-0.39, 0.29) is 19.0 Å². The Kier molecular flexibility index (Phi) is 8.23. The Labute approximate surface area is 172 Å². The van der Waals surface area contributed by atoms with Gasteiger partial charge in [0.15, 0.2) is 11.5 Å². The molecule has 0 amide bonds. The van der Waals surface area contributed by atoms with E-state index in [9.17, 15) is 9.67 Å². The van der Waals surface area contributed by atoms with Crippen molar-refractivity contribution < 1.29 is 28.0 Å². The van der Waals surface area contributed by atoms with Crippen LogP contribution < -0.4 is 4.74 Å². The van der Waals surface area contributed by atoms with Crippen LogP contribution in [0.15, 0.2) is 24.4 Å². The highest BCUT2D eigenvalue weighted by atomic mass is 31.2. The van der Waals surface area contributed by atoms with Crippen molar-refractivity contribution in [1.82, 2.24) is 4.98 Å². The summed E-state index contributed by atoms with van der Waals surface area (Å²) < 4.78 is 35.0.